The van der Waals surface area contributed by atoms with E-state index >= 15 is 0 Å². The van der Waals surface area contributed by atoms with Crippen molar-refractivity contribution >= 4 is 5.91 Å². The molecule has 1 fully saturated rings. The number of hydrogen-bond acceptors (Lipinski definition) is 4. The van der Waals surface area contributed by atoms with Crippen LogP contribution >= 0.6 is 0 Å². The van der Waals surface area contributed by atoms with Gasteiger partial charge < -0.3 is 15.4 Å². The van der Waals surface area contributed by atoms with Gasteiger partial charge in [0.05, 0.1) is 6.61 Å². The second-order valence-electron chi connectivity index (χ2n) is 5.50. The smallest absolute Gasteiger partial charge is 0.241 e. The summed E-state index contributed by atoms with van der Waals surface area (Å²) in [6, 6.07) is 9.89. The van der Waals surface area contributed by atoms with Gasteiger partial charge in [-0.1, -0.05) is 30.3 Å². The maximum atomic E-state index is 12.2. The average Bonchev–Trinajstić information content (AvgIpc) is 2.73. The van der Waals surface area contributed by atoms with Crippen molar-refractivity contribution in [3.63, 3.8) is 0 Å². The number of rotatable bonds is 5. The molecular weight excluding hydrogens is 266 g/mol. The molecule has 0 aliphatic carbocycles. The van der Waals surface area contributed by atoms with Crippen LogP contribution in [-0.4, -0.2) is 61.6 Å². The van der Waals surface area contributed by atoms with E-state index in [0.717, 1.165) is 39.1 Å². The first-order chi connectivity index (χ1) is 10.2. The summed E-state index contributed by atoms with van der Waals surface area (Å²) in [7, 11) is 1.57. The predicted octanol–water partition coefficient (Wildman–Crippen LogP) is 0.695. The lowest BCUT2D eigenvalue weighted by molar-refractivity contribution is -0.133. The second-order valence-corrected chi connectivity index (χ2v) is 5.50. The van der Waals surface area contributed by atoms with Crippen molar-refractivity contribution in [2.75, 3.05) is 39.9 Å². The molecule has 0 radical (unpaired) electrons. The lowest BCUT2D eigenvalue weighted by atomic mass is 10.2. The highest BCUT2D eigenvalue weighted by atomic mass is 16.5. The Hall–Kier alpha value is -1.43. The Labute approximate surface area is 126 Å². The predicted molar refractivity (Wildman–Crippen MR) is 82.8 cm³/mol. The number of carbonyl (C=O) groups is 1. The quantitative estimate of drug-likeness (QED) is 0.867. The van der Waals surface area contributed by atoms with Gasteiger partial charge in [0.25, 0.3) is 0 Å². The number of methoxy groups -OCH3 is 1. The fraction of sp³-hybridized carbons (Fsp3) is 0.562. The third-order valence-corrected chi connectivity index (χ3v) is 3.81. The molecule has 1 atom stereocenters. The van der Waals surface area contributed by atoms with Gasteiger partial charge in [0.2, 0.25) is 5.91 Å². The Morgan fingerprint density at radius 2 is 2.00 bits per heavy atom. The van der Waals surface area contributed by atoms with E-state index in [0.29, 0.717) is 0 Å². The largest absolute Gasteiger partial charge is 0.383 e. The Bertz CT molecular complexity index is 438. The number of amides is 1. The molecule has 0 aromatic heterocycles. The zero-order chi connectivity index (χ0) is 15.1. The molecule has 1 aromatic rings. The van der Waals surface area contributed by atoms with E-state index in [4.69, 9.17) is 10.5 Å². The van der Waals surface area contributed by atoms with Crippen LogP contribution in [-0.2, 0) is 16.1 Å². The number of nitrogens with zero attached hydrogens (tertiary/aromatic N) is 2. The van der Waals surface area contributed by atoms with E-state index in [1.807, 2.05) is 11.0 Å². The van der Waals surface area contributed by atoms with Gasteiger partial charge in [-0.05, 0) is 12.0 Å². The summed E-state index contributed by atoms with van der Waals surface area (Å²) in [6.07, 6.45) is 0.984. The normalized spacial score (nSPS) is 18.3. The van der Waals surface area contributed by atoms with E-state index in [9.17, 15) is 4.79 Å². The monoisotopic (exact) mass is 291 g/mol. The molecule has 1 saturated heterocycles. The van der Waals surface area contributed by atoms with E-state index in [2.05, 4.69) is 29.2 Å². The maximum Gasteiger partial charge on any atom is 0.241 e. The van der Waals surface area contributed by atoms with E-state index in [1.165, 1.54) is 5.56 Å². The van der Waals surface area contributed by atoms with Crippen LogP contribution in [0.2, 0.25) is 0 Å². The molecule has 5 nitrogen and oxygen atoms in total. The minimum absolute atomic E-state index is 0.00147. The van der Waals surface area contributed by atoms with Gasteiger partial charge in [0, 0.05) is 39.8 Å². The first-order valence-electron chi connectivity index (χ1n) is 7.50. The molecule has 5 heteroatoms. The van der Waals surface area contributed by atoms with E-state index < -0.39 is 6.04 Å². The number of ether oxygens (including phenoxy) is 1. The molecule has 1 amide bonds. The number of nitrogens with two attached hydrogens (primary N) is 1. The van der Waals surface area contributed by atoms with Crippen LogP contribution in [0.15, 0.2) is 30.3 Å². The number of hydrogen-bond donors (Lipinski definition) is 1. The SMILES string of the molecule is COCC(N)C(=O)N1CCCN(Cc2ccccc2)CC1. The van der Waals surface area contributed by atoms with Crippen molar-refractivity contribution in [2.45, 2.75) is 19.0 Å². The van der Waals surface area contributed by atoms with Crippen molar-refractivity contribution in [2.24, 2.45) is 5.73 Å². The highest BCUT2D eigenvalue weighted by molar-refractivity contribution is 5.81. The van der Waals surface area contributed by atoms with Gasteiger partial charge in [0.15, 0.2) is 0 Å². The van der Waals surface area contributed by atoms with Crippen LogP contribution < -0.4 is 5.73 Å². The van der Waals surface area contributed by atoms with Crippen LogP contribution in [0.1, 0.15) is 12.0 Å². The molecule has 21 heavy (non-hydrogen) atoms. The zero-order valence-corrected chi connectivity index (χ0v) is 12.7. The first kappa shape index (κ1) is 15.9. The lowest BCUT2D eigenvalue weighted by Crippen LogP contribution is -2.47. The number of benzene rings is 1. The molecule has 1 aliphatic heterocycles. The summed E-state index contributed by atoms with van der Waals surface area (Å²) in [5.74, 6) is -0.00147. The minimum atomic E-state index is -0.546. The molecule has 1 heterocycles. The van der Waals surface area contributed by atoms with Gasteiger partial charge in [0.1, 0.15) is 6.04 Å². The summed E-state index contributed by atoms with van der Waals surface area (Å²) in [4.78, 5) is 16.5. The van der Waals surface area contributed by atoms with Crippen LogP contribution in [0.3, 0.4) is 0 Å². The topological polar surface area (TPSA) is 58.8 Å². The Morgan fingerprint density at radius 3 is 2.71 bits per heavy atom. The average molecular weight is 291 g/mol. The van der Waals surface area contributed by atoms with Crippen molar-refractivity contribution in [1.82, 2.24) is 9.80 Å². The van der Waals surface area contributed by atoms with Crippen molar-refractivity contribution in [1.29, 1.82) is 0 Å². The van der Waals surface area contributed by atoms with Gasteiger partial charge >= 0.3 is 0 Å². The molecule has 1 unspecified atom stereocenters. The van der Waals surface area contributed by atoms with Crippen LogP contribution in [0, 0.1) is 0 Å². The highest BCUT2D eigenvalue weighted by Gasteiger charge is 2.23. The van der Waals surface area contributed by atoms with Crippen molar-refractivity contribution in [3.8, 4) is 0 Å². The summed E-state index contributed by atoms with van der Waals surface area (Å²) in [6.45, 7) is 4.64. The summed E-state index contributed by atoms with van der Waals surface area (Å²) in [5, 5.41) is 0. The van der Waals surface area contributed by atoms with Crippen molar-refractivity contribution in [3.05, 3.63) is 35.9 Å². The Balaban J connectivity index is 1.85. The summed E-state index contributed by atoms with van der Waals surface area (Å²) < 4.78 is 4.96. The maximum absolute atomic E-state index is 12.2. The number of carbonyl (C=O) groups excluding carboxylic acids is 1. The molecule has 2 rings (SSSR count). The van der Waals surface area contributed by atoms with Gasteiger partial charge in [-0.15, -0.1) is 0 Å². The minimum Gasteiger partial charge on any atom is -0.383 e. The fourth-order valence-corrected chi connectivity index (χ4v) is 2.68. The van der Waals surface area contributed by atoms with Crippen LogP contribution in [0.5, 0.6) is 0 Å². The van der Waals surface area contributed by atoms with Gasteiger partial charge in [-0.3, -0.25) is 9.69 Å². The van der Waals surface area contributed by atoms with Gasteiger partial charge in [-0.25, -0.2) is 0 Å². The Morgan fingerprint density at radius 1 is 1.24 bits per heavy atom. The molecule has 2 N–H and O–H groups in total. The molecular formula is C16H25N3O2. The molecule has 0 saturated carbocycles. The fourth-order valence-electron chi connectivity index (χ4n) is 2.68. The Kier molecular flexibility index (Phi) is 6.17. The van der Waals surface area contributed by atoms with Gasteiger partial charge in [-0.2, -0.15) is 0 Å². The molecule has 1 aliphatic rings. The summed E-state index contributed by atoms with van der Waals surface area (Å²) in [5.41, 5.74) is 7.15. The molecule has 116 valence electrons. The highest BCUT2D eigenvalue weighted by Crippen LogP contribution is 2.09. The molecule has 1 aromatic carbocycles. The van der Waals surface area contributed by atoms with E-state index in [1.54, 1.807) is 7.11 Å². The molecule has 0 spiro atoms. The van der Waals surface area contributed by atoms with Crippen molar-refractivity contribution < 1.29 is 9.53 Å². The first-order valence-corrected chi connectivity index (χ1v) is 7.50. The zero-order valence-electron chi connectivity index (χ0n) is 12.7. The van der Waals surface area contributed by atoms with Crippen LogP contribution in [0.25, 0.3) is 0 Å². The third kappa shape index (κ3) is 4.81. The third-order valence-electron chi connectivity index (χ3n) is 3.81. The second kappa shape index (κ2) is 8.12. The standard InChI is InChI=1S/C16H25N3O2/c1-21-13-15(17)16(20)19-9-5-8-18(10-11-19)12-14-6-3-2-4-7-14/h2-4,6-7,15H,5,8-13,17H2,1H3. The van der Waals surface area contributed by atoms with Crippen LogP contribution in [0.4, 0.5) is 0 Å². The lowest BCUT2D eigenvalue weighted by Gasteiger charge is -2.24. The van der Waals surface area contributed by atoms with E-state index in [-0.39, 0.29) is 12.5 Å². The molecule has 0 bridgehead atoms. The summed E-state index contributed by atoms with van der Waals surface area (Å²) >= 11 is 0.